The van der Waals surface area contributed by atoms with Crippen LogP contribution in [0.2, 0.25) is 0 Å². The molecule has 1 heterocycles. The third kappa shape index (κ3) is 2.76. The van der Waals surface area contributed by atoms with Gasteiger partial charge < -0.3 is 5.73 Å². The molecular weight excluding hydrogens is 290 g/mol. The average Bonchev–Trinajstić information content (AvgIpc) is 2.37. The molecule has 1 aromatic heterocycles. The molecule has 94 valence electrons. The number of hydrogen-bond acceptors (Lipinski definition) is 3. The van der Waals surface area contributed by atoms with E-state index in [1.54, 1.807) is 0 Å². The van der Waals surface area contributed by atoms with Crippen molar-refractivity contribution >= 4 is 15.9 Å². The number of halogens is 1. The van der Waals surface area contributed by atoms with Crippen LogP contribution in [-0.4, -0.2) is 16.5 Å². The molecule has 0 saturated carbocycles. The fourth-order valence-corrected chi connectivity index (χ4v) is 2.10. The number of hydrogen-bond donors (Lipinski definition) is 1. The second-order valence-corrected chi connectivity index (χ2v) is 5.17. The molecule has 0 spiro atoms. The number of aryl methyl sites for hydroxylation is 2. The number of nitrogens with two attached hydrogens (primary N) is 1. The highest BCUT2D eigenvalue weighted by atomic mass is 79.9. The summed E-state index contributed by atoms with van der Waals surface area (Å²) in [5.41, 5.74) is 10.0. The van der Waals surface area contributed by atoms with Crippen LogP contribution in [0.25, 0.3) is 11.4 Å². The molecule has 2 rings (SSSR count). The third-order valence-corrected chi connectivity index (χ3v) is 4.08. The molecule has 0 fully saturated rings. The Hall–Kier alpha value is -1.26. The van der Waals surface area contributed by atoms with Crippen molar-refractivity contribution in [2.24, 2.45) is 5.73 Å². The van der Waals surface area contributed by atoms with Crippen LogP contribution in [0.5, 0.6) is 0 Å². The van der Waals surface area contributed by atoms with Gasteiger partial charge in [0.2, 0.25) is 0 Å². The highest BCUT2D eigenvalue weighted by Gasteiger charge is 2.06. The minimum absolute atomic E-state index is 0.624. The molecule has 18 heavy (non-hydrogen) atoms. The third-order valence-electron chi connectivity index (χ3n) is 2.83. The van der Waals surface area contributed by atoms with E-state index in [0.717, 1.165) is 27.8 Å². The Morgan fingerprint density at radius 2 is 1.67 bits per heavy atom. The van der Waals surface area contributed by atoms with Gasteiger partial charge in [0.15, 0.2) is 5.82 Å². The van der Waals surface area contributed by atoms with Gasteiger partial charge >= 0.3 is 0 Å². The monoisotopic (exact) mass is 305 g/mol. The fraction of sp³-hybridized carbons (Fsp3) is 0.286. The van der Waals surface area contributed by atoms with E-state index >= 15 is 0 Å². The van der Waals surface area contributed by atoms with E-state index in [1.165, 1.54) is 11.1 Å². The van der Waals surface area contributed by atoms with Crippen molar-refractivity contribution < 1.29 is 0 Å². The van der Waals surface area contributed by atoms with E-state index in [9.17, 15) is 0 Å². The van der Waals surface area contributed by atoms with Gasteiger partial charge in [0.05, 0.1) is 0 Å². The summed E-state index contributed by atoms with van der Waals surface area (Å²) in [6.07, 6.45) is 4.52. The normalized spacial score (nSPS) is 10.7. The topological polar surface area (TPSA) is 51.8 Å². The smallest absolute Gasteiger partial charge is 0.159 e. The maximum atomic E-state index is 5.51. The molecule has 1 aromatic carbocycles. The summed E-state index contributed by atoms with van der Waals surface area (Å²) < 4.78 is 1.14. The predicted octanol–water partition coefficient (Wildman–Crippen LogP) is 3.02. The quantitative estimate of drug-likeness (QED) is 0.948. The van der Waals surface area contributed by atoms with Crippen molar-refractivity contribution in [3.63, 3.8) is 0 Å². The summed E-state index contributed by atoms with van der Waals surface area (Å²) in [7, 11) is 0. The Morgan fingerprint density at radius 1 is 1.11 bits per heavy atom. The molecule has 0 amide bonds. The Bertz CT molecular complexity index is 526. The van der Waals surface area contributed by atoms with Gasteiger partial charge in [-0.05, 0) is 55.6 Å². The van der Waals surface area contributed by atoms with Crippen LogP contribution >= 0.6 is 15.9 Å². The van der Waals surface area contributed by atoms with Crippen molar-refractivity contribution in [3.8, 4) is 11.4 Å². The Kier molecular flexibility index (Phi) is 4.09. The second kappa shape index (κ2) is 5.59. The average molecular weight is 306 g/mol. The molecule has 0 unspecified atom stereocenters. The lowest BCUT2D eigenvalue weighted by Gasteiger charge is -2.07. The second-order valence-electron chi connectivity index (χ2n) is 4.38. The first kappa shape index (κ1) is 13.2. The van der Waals surface area contributed by atoms with Gasteiger partial charge in [-0.15, -0.1) is 0 Å². The summed E-state index contributed by atoms with van der Waals surface area (Å²) in [5, 5.41) is 0. The maximum absolute atomic E-state index is 5.51. The first-order chi connectivity index (χ1) is 8.61. The zero-order chi connectivity index (χ0) is 13.1. The Labute approximate surface area is 116 Å². The van der Waals surface area contributed by atoms with Crippen LogP contribution in [0.15, 0.2) is 29.0 Å². The highest BCUT2D eigenvalue weighted by Crippen LogP contribution is 2.26. The van der Waals surface area contributed by atoms with E-state index in [2.05, 4.69) is 51.9 Å². The SMILES string of the molecule is Cc1cc(-c2ncc(CCN)cn2)cc(C)c1Br. The lowest BCUT2D eigenvalue weighted by atomic mass is 10.1. The highest BCUT2D eigenvalue weighted by molar-refractivity contribution is 9.10. The zero-order valence-corrected chi connectivity index (χ0v) is 12.2. The number of nitrogens with zero attached hydrogens (tertiary/aromatic N) is 2. The van der Waals surface area contributed by atoms with E-state index < -0.39 is 0 Å². The lowest BCUT2D eigenvalue weighted by Crippen LogP contribution is -2.03. The van der Waals surface area contributed by atoms with Gasteiger partial charge in [-0.3, -0.25) is 0 Å². The van der Waals surface area contributed by atoms with E-state index in [4.69, 9.17) is 5.73 Å². The number of rotatable bonds is 3. The van der Waals surface area contributed by atoms with Crippen LogP contribution in [0.1, 0.15) is 16.7 Å². The standard InChI is InChI=1S/C14H16BrN3/c1-9-5-12(6-10(2)13(9)15)14-17-7-11(3-4-16)8-18-14/h5-8H,3-4,16H2,1-2H3. The van der Waals surface area contributed by atoms with Crippen LogP contribution < -0.4 is 5.73 Å². The maximum Gasteiger partial charge on any atom is 0.159 e. The van der Waals surface area contributed by atoms with Crippen molar-refractivity contribution in [1.82, 2.24) is 9.97 Å². The van der Waals surface area contributed by atoms with E-state index in [-0.39, 0.29) is 0 Å². The van der Waals surface area contributed by atoms with Gasteiger partial charge in [-0.25, -0.2) is 9.97 Å². The fourth-order valence-electron chi connectivity index (χ4n) is 1.87. The molecular formula is C14H16BrN3. The van der Waals surface area contributed by atoms with Crippen LogP contribution in [0, 0.1) is 13.8 Å². The number of benzene rings is 1. The number of aromatic nitrogens is 2. The largest absolute Gasteiger partial charge is 0.330 e. The zero-order valence-electron chi connectivity index (χ0n) is 10.6. The lowest BCUT2D eigenvalue weighted by molar-refractivity contribution is 0.943. The summed E-state index contributed by atoms with van der Waals surface area (Å²) >= 11 is 3.56. The first-order valence-electron chi connectivity index (χ1n) is 5.90. The summed E-state index contributed by atoms with van der Waals surface area (Å²) in [6, 6.07) is 4.18. The van der Waals surface area contributed by atoms with Gasteiger partial charge in [-0.1, -0.05) is 15.9 Å². The molecule has 0 atom stereocenters. The first-order valence-corrected chi connectivity index (χ1v) is 6.69. The predicted molar refractivity (Wildman–Crippen MR) is 77.4 cm³/mol. The molecule has 2 aromatic rings. The van der Waals surface area contributed by atoms with Crippen LogP contribution in [-0.2, 0) is 6.42 Å². The molecule has 0 aliphatic heterocycles. The Balaban J connectivity index is 2.36. The molecule has 0 bridgehead atoms. The van der Waals surface area contributed by atoms with Gasteiger partial charge in [0, 0.05) is 22.4 Å². The van der Waals surface area contributed by atoms with Crippen molar-refractivity contribution in [2.75, 3.05) is 6.54 Å². The molecule has 0 radical (unpaired) electrons. The summed E-state index contributed by atoms with van der Waals surface area (Å²) in [4.78, 5) is 8.79. The van der Waals surface area contributed by atoms with Gasteiger partial charge in [-0.2, -0.15) is 0 Å². The van der Waals surface area contributed by atoms with Gasteiger partial charge in [0.25, 0.3) is 0 Å². The molecule has 0 aliphatic carbocycles. The van der Waals surface area contributed by atoms with Crippen molar-refractivity contribution in [2.45, 2.75) is 20.3 Å². The molecule has 0 aliphatic rings. The van der Waals surface area contributed by atoms with Crippen LogP contribution in [0.3, 0.4) is 0 Å². The van der Waals surface area contributed by atoms with Crippen molar-refractivity contribution in [1.29, 1.82) is 0 Å². The van der Waals surface area contributed by atoms with Crippen LogP contribution in [0.4, 0.5) is 0 Å². The van der Waals surface area contributed by atoms with Crippen molar-refractivity contribution in [3.05, 3.63) is 45.7 Å². The molecule has 3 nitrogen and oxygen atoms in total. The molecule has 2 N–H and O–H groups in total. The Morgan fingerprint density at radius 3 is 2.17 bits per heavy atom. The van der Waals surface area contributed by atoms with Gasteiger partial charge in [0.1, 0.15) is 0 Å². The summed E-state index contributed by atoms with van der Waals surface area (Å²) in [5.74, 6) is 0.759. The minimum atomic E-state index is 0.624. The minimum Gasteiger partial charge on any atom is -0.330 e. The van der Waals surface area contributed by atoms with E-state index in [1.807, 2.05) is 12.4 Å². The molecule has 4 heteroatoms. The molecule has 0 saturated heterocycles. The summed E-state index contributed by atoms with van der Waals surface area (Å²) in [6.45, 7) is 4.77. The van der Waals surface area contributed by atoms with E-state index in [0.29, 0.717) is 6.54 Å².